The van der Waals surface area contributed by atoms with Gasteiger partial charge in [-0.25, -0.2) is 4.98 Å². The molecule has 1 saturated carbocycles. The molecule has 110 valence electrons. The van der Waals surface area contributed by atoms with E-state index in [0.29, 0.717) is 17.3 Å². The Morgan fingerprint density at radius 1 is 1.43 bits per heavy atom. The molecule has 0 saturated heterocycles. The van der Waals surface area contributed by atoms with Gasteiger partial charge in [0.25, 0.3) is 0 Å². The molecule has 1 amide bonds. The molecule has 0 spiro atoms. The summed E-state index contributed by atoms with van der Waals surface area (Å²) in [4.78, 5) is 17.0. The van der Waals surface area contributed by atoms with Crippen molar-refractivity contribution in [3.05, 3.63) is 30.1 Å². The number of hydrogen-bond donors (Lipinski definition) is 2. The monoisotopic (exact) mass is 302 g/mol. The molecule has 0 aliphatic heterocycles. The van der Waals surface area contributed by atoms with Crippen molar-refractivity contribution in [2.45, 2.75) is 25.8 Å². The van der Waals surface area contributed by atoms with Crippen LogP contribution in [0.25, 0.3) is 11.0 Å². The molecule has 0 unspecified atom stereocenters. The lowest BCUT2D eigenvalue weighted by molar-refractivity contribution is -0.121. The van der Waals surface area contributed by atoms with E-state index >= 15 is 0 Å². The van der Waals surface area contributed by atoms with Gasteiger partial charge >= 0.3 is 0 Å². The van der Waals surface area contributed by atoms with Gasteiger partial charge in [-0.3, -0.25) is 4.79 Å². The lowest BCUT2D eigenvalue weighted by Crippen LogP contribution is -2.30. The molecule has 2 aromatic rings. The van der Waals surface area contributed by atoms with Crippen LogP contribution in [0.2, 0.25) is 0 Å². The normalized spacial score (nSPS) is 14.3. The van der Waals surface area contributed by atoms with E-state index in [1.807, 2.05) is 28.8 Å². The summed E-state index contributed by atoms with van der Waals surface area (Å²) in [6, 6.07) is 7.75. The first-order valence-corrected chi connectivity index (χ1v) is 7.53. The zero-order valence-corrected chi connectivity index (χ0v) is 12.5. The van der Waals surface area contributed by atoms with E-state index in [0.717, 1.165) is 23.4 Å². The largest absolute Gasteiger partial charge is 0.393 e. The van der Waals surface area contributed by atoms with Crippen molar-refractivity contribution >= 4 is 34.1 Å². The molecule has 0 radical (unpaired) electrons. The van der Waals surface area contributed by atoms with Gasteiger partial charge in [0.2, 0.25) is 5.91 Å². The van der Waals surface area contributed by atoms with Crippen LogP contribution in [0.4, 0.5) is 0 Å². The molecule has 5 nitrogen and oxygen atoms in total. The molecule has 1 aliphatic rings. The van der Waals surface area contributed by atoms with Crippen LogP contribution in [0.3, 0.4) is 0 Å². The molecule has 0 atom stereocenters. The van der Waals surface area contributed by atoms with Gasteiger partial charge in [-0.05, 0) is 30.9 Å². The summed E-state index contributed by atoms with van der Waals surface area (Å²) in [6.45, 7) is 1.03. The van der Waals surface area contributed by atoms with Gasteiger partial charge in [-0.1, -0.05) is 24.4 Å². The number of amides is 1. The maximum Gasteiger partial charge on any atom is 0.240 e. The first kappa shape index (κ1) is 14.0. The molecule has 1 fully saturated rings. The second kappa shape index (κ2) is 5.81. The summed E-state index contributed by atoms with van der Waals surface area (Å²) in [7, 11) is 0. The highest BCUT2D eigenvalue weighted by Gasteiger charge is 2.22. The number of imidazole rings is 1. The van der Waals surface area contributed by atoms with Crippen molar-refractivity contribution in [3.8, 4) is 0 Å². The van der Waals surface area contributed by atoms with Gasteiger partial charge in [-0.2, -0.15) is 0 Å². The number of para-hydroxylation sites is 2. The van der Waals surface area contributed by atoms with Gasteiger partial charge < -0.3 is 15.6 Å². The van der Waals surface area contributed by atoms with E-state index in [-0.39, 0.29) is 12.5 Å². The van der Waals surface area contributed by atoms with Crippen LogP contribution in [0, 0.1) is 5.92 Å². The molecule has 6 heteroatoms. The zero-order chi connectivity index (χ0) is 14.8. The number of benzene rings is 1. The predicted molar refractivity (Wildman–Crippen MR) is 86.0 cm³/mol. The first-order valence-electron chi connectivity index (χ1n) is 7.12. The predicted octanol–water partition coefficient (Wildman–Crippen LogP) is 1.39. The average Bonchev–Trinajstić information content (AvgIpc) is 3.21. The molecular formula is C15H18N4OS. The lowest BCUT2D eigenvalue weighted by atomic mass is 10.3. The summed E-state index contributed by atoms with van der Waals surface area (Å²) in [6.07, 6.45) is 2.85. The second-order valence-electron chi connectivity index (χ2n) is 5.49. The van der Waals surface area contributed by atoms with E-state index < -0.39 is 0 Å². The average molecular weight is 302 g/mol. The Morgan fingerprint density at radius 2 is 2.19 bits per heavy atom. The topological polar surface area (TPSA) is 72.9 Å². The minimum Gasteiger partial charge on any atom is -0.393 e. The van der Waals surface area contributed by atoms with Gasteiger partial charge in [0, 0.05) is 6.54 Å². The van der Waals surface area contributed by atoms with E-state index in [9.17, 15) is 4.79 Å². The number of hydrogen-bond acceptors (Lipinski definition) is 3. The Labute approximate surface area is 128 Å². The molecule has 21 heavy (non-hydrogen) atoms. The minimum absolute atomic E-state index is 0.00856. The first-order chi connectivity index (χ1) is 10.1. The van der Waals surface area contributed by atoms with E-state index in [2.05, 4.69) is 10.3 Å². The molecule has 3 N–H and O–H groups in total. The van der Waals surface area contributed by atoms with E-state index in [1.54, 1.807) is 0 Å². The molecule has 1 heterocycles. The van der Waals surface area contributed by atoms with Crippen molar-refractivity contribution in [1.82, 2.24) is 14.9 Å². The fourth-order valence-electron chi connectivity index (χ4n) is 2.37. The number of rotatable bonds is 6. The quantitative estimate of drug-likeness (QED) is 0.791. The smallest absolute Gasteiger partial charge is 0.240 e. The van der Waals surface area contributed by atoms with Crippen LogP contribution in [0.1, 0.15) is 18.7 Å². The Bertz CT molecular complexity index is 690. The van der Waals surface area contributed by atoms with Crippen LogP contribution in [-0.2, 0) is 17.8 Å². The van der Waals surface area contributed by atoms with E-state index in [4.69, 9.17) is 18.0 Å². The molecule has 3 rings (SSSR count). The Hall–Kier alpha value is -1.95. The molecule has 0 bridgehead atoms. The highest BCUT2D eigenvalue weighted by Crippen LogP contribution is 2.27. The number of nitrogens with one attached hydrogen (secondary N) is 1. The van der Waals surface area contributed by atoms with Crippen molar-refractivity contribution in [2.24, 2.45) is 11.7 Å². The SMILES string of the molecule is NC(=S)Cc1nc2ccccc2n1CC(=O)NCC1CC1. The molecule has 1 aromatic heterocycles. The van der Waals surface area contributed by atoms with Crippen LogP contribution in [0.5, 0.6) is 0 Å². The second-order valence-corrected chi connectivity index (χ2v) is 6.02. The standard InChI is InChI=1S/C15H18N4OS/c16-13(21)7-14-18-11-3-1-2-4-12(11)19(14)9-15(20)17-8-10-5-6-10/h1-4,10H,5-9H2,(H2,16,21)(H,17,20). The van der Waals surface area contributed by atoms with Gasteiger partial charge in [0.05, 0.1) is 22.4 Å². The summed E-state index contributed by atoms with van der Waals surface area (Å²) in [5.41, 5.74) is 7.43. The molecule has 1 aromatic carbocycles. The van der Waals surface area contributed by atoms with Gasteiger partial charge in [0.1, 0.15) is 12.4 Å². The Balaban J connectivity index is 1.83. The minimum atomic E-state index is 0.00856. The van der Waals surface area contributed by atoms with Crippen molar-refractivity contribution in [1.29, 1.82) is 0 Å². The third kappa shape index (κ3) is 3.39. The highest BCUT2D eigenvalue weighted by atomic mass is 32.1. The number of nitrogens with zero attached hydrogens (tertiary/aromatic N) is 2. The zero-order valence-electron chi connectivity index (χ0n) is 11.7. The Kier molecular flexibility index (Phi) is 3.88. The summed E-state index contributed by atoms with van der Waals surface area (Å²) in [5.74, 6) is 1.42. The fourth-order valence-corrected chi connectivity index (χ4v) is 2.50. The maximum absolute atomic E-state index is 12.1. The third-order valence-electron chi connectivity index (χ3n) is 3.65. The number of fused-ring (bicyclic) bond motifs is 1. The van der Waals surface area contributed by atoms with Gasteiger partial charge in [0.15, 0.2) is 0 Å². The van der Waals surface area contributed by atoms with Crippen molar-refractivity contribution in [2.75, 3.05) is 6.54 Å². The van der Waals surface area contributed by atoms with Crippen molar-refractivity contribution < 1.29 is 4.79 Å². The van der Waals surface area contributed by atoms with Crippen LogP contribution in [-0.4, -0.2) is 27.0 Å². The lowest BCUT2D eigenvalue weighted by Gasteiger charge is -2.09. The fraction of sp³-hybridized carbons (Fsp3) is 0.400. The van der Waals surface area contributed by atoms with Crippen LogP contribution >= 0.6 is 12.2 Å². The molecular weight excluding hydrogens is 284 g/mol. The maximum atomic E-state index is 12.1. The number of thiocarbonyl (C=S) groups is 1. The summed E-state index contributed by atoms with van der Waals surface area (Å²) in [5, 5.41) is 2.98. The summed E-state index contributed by atoms with van der Waals surface area (Å²) < 4.78 is 1.90. The van der Waals surface area contributed by atoms with E-state index in [1.165, 1.54) is 12.8 Å². The number of carbonyl (C=O) groups excluding carboxylic acids is 1. The Morgan fingerprint density at radius 3 is 2.90 bits per heavy atom. The number of nitrogens with two attached hydrogens (primary N) is 1. The molecule has 1 aliphatic carbocycles. The number of carbonyl (C=O) groups is 1. The van der Waals surface area contributed by atoms with Gasteiger partial charge in [-0.15, -0.1) is 0 Å². The highest BCUT2D eigenvalue weighted by molar-refractivity contribution is 7.80. The third-order valence-corrected chi connectivity index (χ3v) is 3.80. The number of aromatic nitrogens is 2. The van der Waals surface area contributed by atoms with Crippen LogP contribution in [0.15, 0.2) is 24.3 Å². The van der Waals surface area contributed by atoms with Crippen LogP contribution < -0.4 is 11.1 Å². The summed E-state index contributed by atoms with van der Waals surface area (Å²) >= 11 is 4.97. The van der Waals surface area contributed by atoms with Crippen molar-refractivity contribution in [3.63, 3.8) is 0 Å².